The van der Waals surface area contributed by atoms with Crippen molar-refractivity contribution in [2.45, 2.75) is 31.6 Å². The minimum absolute atomic E-state index is 0.00749. The zero-order valence-corrected chi connectivity index (χ0v) is 28.0. The van der Waals surface area contributed by atoms with Gasteiger partial charge in [-0.2, -0.15) is 0 Å². The van der Waals surface area contributed by atoms with Crippen molar-refractivity contribution in [1.82, 2.24) is 14.5 Å². The van der Waals surface area contributed by atoms with Crippen LogP contribution in [0.2, 0.25) is 0 Å². The maximum atomic E-state index is 5.26. The molecule has 49 heavy (non-hydrogen) atoms. The third-order valence-electron chi connectivity index (χ3n) is 10.5. The number of allylic oxidation sites excluding steroid dienone is 2. The zero-order chi connectivity index (χ0) is 32.5. The van der Waals surface area contributed by atoms with Gasteiger partial charge in [0.25, 0.3) is 0 Å². The molecule has 1 aliphatic carbocycles. The van der Waals surface area contributed by atoms with Crippen LogP contribution in [0.3, 0.4) is 0 Å². The van der Waals surface area contributed by atoms with E-state index in [0.717, 1.165) is 51.6 Å². The molecule has 0 N–H and O–H groups in total. The monoisotopic (exact) mass is 647 g/mol. The molecule has 0 bridgehead atoms. The van der Waals surface area contributed by atoms with Crippen LogP contribution < -0.4 is 0 Å². The number of aromatic nitrogens is 3. The van der Waals surface area contributed by atoms with Crippen LogP contribution in [0.25, 0.3) is 81.2 Å². The number of rotatable bonds is 4. The molecule has 0 saturated heterocycles. The first kappa shape index (κ1) is 28.4. The molecule has 3 aromatic heterocycles. The lowest BCUT2D eigenvalue weighted by Gasteiger charge is -2.30. The molecule has 0 saturated carbocycles. The van der Waals surface area contributed by atoms with Gasteiger partial charge in [0.15, 0.2) is 5.65 Å². The van der Waals surface area contributed by atoms with Crippen LogP contribution >= 0.6 is 11.3 Å². The van der Waals surface area contributed by atoms with Crippen LogP contribution in [-0.2, 0) is 5.41 Å². The molecule has 3 nitrogen and oxygen atoms in total. The quantitative estimate of drug-likeness (QED) is 0.178. The Morgan fingerprint density at radius 1 is 0.612 bits per heavy atom. The van der Waals surface area contributed by atoms with Crippen molar-refractivity contribution in [3.63, 3.8) is 0 Å². The van der Waals surface area contributed by atoms with Crippen molar-refractivity contribution in [3.05, 3.63) is 151 Å². The number of thiophene rings is 1. The van der Waals surface area contributed by atoms with Crippen LogP contribution in [0.5, 0.6) is 0 Å². The number of fused-ring (bicyclic) bond motifs is 7. The summed E-state index contributed by atoms with van der Waals surface area (Å²) in [6.45, 7) is 2.39. The molecule has 4 heteroatoms. The highest BCUT2D eigenvalue weighted by Crippen LogP contribution is 2.41. The third-order valence-corrected chi connectivity index (χ3v) is 11.6. The standard InChI is InChI=1S/C45H33N3S/c1-45(22-10-3-11-23-45)33-25-31(29-12-4-2-5-13-29)24-32(26-33)30-18-21-40-37(27-30)43-44(47-39-16-8-7-15-38(39)46-43)48(40)34-19-20-36-35-14-6-9-17-41(35)49-42(36)28-34/h2,4-10,12-22,24-28H,3,11,23H2,1H3. The number of benzene rings is 6. The number of hydrogen-bond acceptors (Lipinski definition) is 3. The largest absolute Gasteiger partial charge is 0.292 e. The lowest BCUT2D eigenvalue weighted by atomic mass is 9.74. The highest BCUT2D eigenvalue weighted by molar-refractivity contribution is 7.25. The molecule has 1 aliphatic rings. The number of para-hydroxylation sites is 2. The zero-order valence-electron chi connectivity index (χ0n) is 27.2. The Morgan fingerprint density at radius 2 is 1.37 bits per heavy atom. The van der Waals surface area contributed by atoms with Gasteiger partial charge in [0.2, 0.25) is 0 Å². The highest BCUT2D eigenvalue weighted by atomic mass is 32.1. The fraction of sp³-hybridized carbons (Fsp3) is 0.111. The van der Waals surface area contributed by atoms with Crippen molar-refractivity contribution >= 4 is 64.6 Å². The van der Waals surface area contributed by atoms with Crippen LogP contribution in [0.15, 0.2) is 146 Å². The Hall–Kier alpha value is -5.58. The summed E-state index contributed by atoms with van der Waals surface area (Å²) in [4.78, 5) is 10.5. The Labute approximate surface area is 288 Å². The normalized spacial score (nSPS) is 16.4. The summed E-state index contributed by atoms with van der Waals surface area (Å²) in [5.41, 5.74) is 12.1. The lowest BCUT2D eigenvalue weighted by Crippen LogP contribution is -2.21. The van der Waals surface area contributed by atoms with Gasteiger partial charge in [0.1, 0.15) is 5.52 Å². The Morgan fingerprint density at radius 3 is 2.20 bits per heavy atom. The molecule has 6 aromatic carbocycles. The molecule has 0 fully saturated rings. The summed E-state index contributed by atoms with van der Waals surface area (Å²) in [7, 11) is 0. The van der Waals surface area contributed by atoms with E-state index in [1.165, 1.54) is 54.4 Å². The van der Waals surface area contributed by atoms with Crippen molar-refractivity contribution in [1.29, 1.82) is 0 Å². The molecule has 0 radical (unpaired) electrons. The van der Waals surface area contributed by atoms with Crippen LogP contribution in [0.1, 0.15) is 31.7 Å². The summed E-state index contributed by atoms with van der Waals surface area (Å²) in [5, 5.41) is 3.71. The lowest BCUT2D eigenvalue weighted by molar-refractivity contribution is 0.496. The minimum Gasteiger partial charge on any atom is -0.292 e. The van der Waals surface area contributed by atoms with Crippen molar-refractivity contribution < 1.29 is 0 Å². The van der Waals surface area contributed by atoms with E-state index in [9.17, 15) is 0 Å². The first-order valence-corrected chi connectivity index (χ1v) is 17.9. The molecule has 0 spiro atoms. The van der Waals surface area contributed by atoms with Crippen LogP contribution in [0.4, 0.5) is 0 Å². The average molecular weight is 648 g/mol. The summed E-state index contributed by atoms with van der Waals surface area (Å²) in [5.74, 6) is 0. The second-order valence-corrected chi connectivity index (χ2v) is 14.7. The van der Waals surface area contributed by atoms with Gasteiger partial charge in [-0.3, -0.25) is 4.57 Å². The van der Waals surface area contributed by atoms with E-state index in [-0.39, 0.29) is 5.41 Å². The van der Waals surface area contributed by atoms with Gasteiger partial charge in [-0.05, 0) is 95.6 Å². The summed E-state index contributed by atoms with van der Waals surface area (Å²) in [6.07, 6.45) is 8.31. The molecule has 1 unspecified atom stereocenters. The highest BCUT2D eigenvalue weighted by Gasteiger charge is 2.27. The number of nitrogens with zero attached hydrogens (tertiary/aromatic N) is 3. The van der Waals surface area contributed by atoms with Gasteiger partial charge in [-0.15, -0.1) is 11.3 Å². The van der Waals surface area contributed by atoms with E-state index in [2.05, 4.69) is 145 Å². The van der Waals surface area contributed by atoms with E-state index in [1.54, 1.807) is 0 Å². The predicted molar refractivity (Wildman–Crippen MR) is 208 cm³/mol. The van der Waals surface area contributed by atoms with Crippen molar-refractivity contribution in [2.75, 3.05) is 0 Å². The molecule has 9 aromatic rings. The SMILES string of the molecule is CC1(c2cc(-c3ccccc3)cc(-c3ccc4c(c3)c3nc5ccccc5nc3n4-c3ccc4c(c3)sc3ccccc34)c2)C=CCCC1. The maximum Gasteiger partial charge on any atom is 0.165 e. The topological polar surface area (TPSA) is 30.7 Å². The molecule has 0 amide bonds. The Balaban J connectivity index is 1.22. The molecule has 234 valence electrons. The van der Waals surface area contributed by atoms with Gasteiger partial charge in [-0.1, -0.05) is 104 Å². The van der Waals surface area contributed by atoms with Crippen molar-refractivity contribution in [2.24, 2.45) is 0 Å². The molecule has 10 rings (SSSR count). The summed E-state index contributed by atoms with van der Waals surface area (Å²) >= 11 is 1.84. The van der Waals surface area contributed by atoms with Gasteiger partial charge in [0.05, 0.1) is 16.6 Å². The average Bonchev–Trinajstić information content (AvgIpc) is 3.68. The predicted octanol–water partition coefficient (Wildman–Crippen LogP) is 12.4. The van der Waals surface area contributed by atoms with Gasteiger partial charge in [-0.25, -0.2) is 9.97 Å². The van der Waals surface area contributed by atoms with Crippen LogP contribution in [-0.4, -0.2) is 14.5 Å². The first-order valence-electron chi connectivity index (χ1n) is 17.1. The molecule has 3 heterocycles. The molecular weight excluding hydrogens is 615 g/mol. The van der Waals surface area contributed by atoms with E-state index in [1.807, 2.05) is 23.5 Å². The second kappa shape index (κ2) is 11.0. The van der Waals surface area contributed by atoms with Gasteiger partial charge >= 0.3 is 0 Å². The number of hydrogen-bond donors (Lipinski definition) is 0. The fourth-order valence-electron chi connectivity index (χ4n) is 7.83. The fourth-order valence-corrected chi connectivity index (χ4v) is 8.97. The third kappa shape index (κ3) is 4.62. The van der Waals surface area contributed by atoms with Gasteiger partial charge in [0, 0.05) is 36.7 Å². The van der Waals surface area contributed by atoms with E-state index in [0.29, 0.717) is 0 Å². The Kier molecular flexibility index (Phi) is 6.37. The molecule has 0 aliphatic heterocycles. The van der Waals surface area contributed by atoms with E-state index < -0.39 is 0 Å². The summed E-state index contributed by atoms with van der Waals surface area (Å²) in [6, 6.07) is 48.5. The summed E-state index contributed by atoms with van der Waals surface area (Å²) < 4.78 is 4.88. The van der Waals surface area contributed by atoms with E-state index in [4.69, 9.17) is 9.97 Å². The van der Waals surface area contributed by atoms with Crippen LogP contribution in [0, 0.1) is 0 Å². The van der Waals surface area contributed by atoms with Gasteiger partial charge < -0.3 is 0 Å². The molecular formula is C45H33N3S. The maximum absolute atomic E-state index is 5.26. The smallest absolute Gasteiger partial charge is 0.165 e. The second-order valence-electron chi connectivity index (χ2n) is 13.6. The van der Waals surface area contributed by atoms with Crippen molar-refractivity contribution in [3.8, 4) is 27.9 Å². The Bertz CT molecular complexity index is 2770. The molecule has 1 atom stereocenters. The van der Waals surface area contributed by atoms with E-state index >= 15 is 0 Å². The minimum atomic E-state index is 0.00749. The first-order chi connectivity index (χ1) is 24.1.